The van der Waals surface area contributed by atoms with Crippen LogP contribution in [-0.2, 0) is 9.59 Å². The molecule has 0 unspecified atom stereocenters. The van der Waals surface area contributed by atoms with Crippen LogP contribution in [0.5, 0.6) is 0 Å². The number of hydrogen-bond acceptors (Lipinski definition) is 3. The van der Waals surface area contributed by atoms with Crippen molar-refractivity contribution in [2.75, 3.05) is 6.54 Å². The molecule has 4 nitrogen and oxygen atoms in total. The minimum absolute atomic E-state index is 0.293. The van der Waals surface area contributed by atoms with Crippen molar-refractivity contribution in [3.63, 3.8) is 0 Å². The molecule has 0 aliphatic heterocycles. The summed E-state index contributed by atoms with van der Waals surface area (Å²) < 4.78 is 0. The van der Waals surface area contributed by atoms with Gasteiger partial charge in [-0.2, -0.15) is 0 Å². The lowest BCUT2D eigenvalue weighted by molar-refractivity contribution is -0.154. The molecular weight excluding hydrogens is 250 g/mol. The largest absolute Gasteiger partial charge is 0.480 e. The second kappa shape index (κ2) is 5.82. The third-order valence-electron chi connectivity index (χ3n) is 2.71. The summed E-state index contributed by atoms with van der Waals surface area (Å²) in [6.07, 6.45) is 3.12. The van der Waals surface area contributed by atoms with Gasteiger partial charge in [0.2, 0.25) is 5.91 Å². The summed E-state index contributed by atoms with van der Waals surface area (Å²) in [7, 11) is 0. The first-order chi connectivity index (χ1) is 8.39. The maximum atomic E-state index is 12.0. The van der Waals surface area contributed by atoms with Crippen molar-refractivity contribution in [3.8, 4) is 0 Å². The van der Waals surface area contributed by atoms with Crippen molar-refractivity contribution in [1.29, 1.82) is 0 Å². The molecule has 5 heteroatoms. The highest BCUT2D eigenvalue weighted by molar-refractivity contribution is 7.10. The molecule has 0 radical (unpaired) electrons. The summed E-state index contributed by atoms with van der Waals surface area (Å²) in [5.41, 5.74) is -1.20. The van der Waals surface area contributed by atoms with Gasteiger partial charge in [-0.1, -0.05) is 6.07 Å². The molecule has 1 aromatic rings. The van der Waals surface area contributed by atoms with Crippen LogP contribution in [-0.4, -0.2) is 34.0 Å². The Morgan fingerprint density at radius 2 is 2.17 bits per heavy atom. The Hall–Kier alpha value is -1.62. The molecule has 0 fully saturated rings. The minimum atomic E-state index is -1.20. The summed E-state index contributed by atoms with van der Waals surface area (Å²) in [5.74, 6) is -1.31. The summed E-state index contributed by atoms with van der Waals surface area (Å²) in [4.78, 5) is 25.4. The quantitative estimate of drug-likeness (QED) is 0.834. The molecular formula is C13H17NO3S. The van der Waals surface area contributed by atoms with Crippen molar-refractivity contribution in [1.82, 2.24) is 4.90 Å². The van der Waals surface area contributed by atoms with Crippen molar-refractivity contribution < 1.29 is 14.7 Å². The van der Waals surface area contributed by atoms with Crippen LogP contribution in [0.3, 0.4) is 0 Å². The molecule has 0 atom stereocenters. The van der Waals surface area contributed by atoms with Crippen LogP contribution in [0.25, 0.3) is 6.08 Å². The number of thiophene rings is 1. The Morgan fingerprint density at radius 3 is 2.61 bits per heavy atom. The minimum Gasteiger partial charge on any atom is -0.480 e. The highest BCUT2D eigenvalue weighted by Gasteiger charge is 2.35. The van der Waals surface area contributed by atoms with Crippen LogP contribution in [0, 0.1) is 0 Å². The number of likely N-dealkylation sites (N-methyl/N-ethyl adjacent to an activating group) is 1. The molecule has 0 saturated carbocycles. The number of rotatable bonds is 5. The van der Waals surface area contributed by atoms with Crippen LogP contribution in [0.1, 0.15) is 25.6 Å². The second-order valence-corrected chi connectivity index (χ2v) is 5.27. The van der Waals surface area contributed by atoms with Crippen molar-refractivity contribution in [3.05, 3.63) is 28.5 Å². The third kappa shape index (κ3) is 3.20. The zero-order chi connectivity index (χ0) is 13.8. The fraction of sp³-hybridized carbons (Fsp3) is 0.385. The molecule has 18 heavy (non-hydrogen) atoms. The second-order valence-electron chi connectivity index (χ2n) is 4.30. The monoisotopic (exact) mass is 267 g/mol. The number of carbonyl (C=O) groups is 2. The number of nitrogens with zero attached hydrogens (tertiary/aromatic N) is 1. The first kappa shape index (κ1) is 14.4. The average Bonchev–Trinajstić information content (AvgIpc) is 2.79. The normalized spacial score (nSPS) is 11.7. The standard InChI is InChI=1S/C13H17NO3S/c1-4-14(13(2,3)12(16)17)11(15)8-7-10-6-5-9-18-10/h5-9H,4H2,1-3H3,(H,16,17). The smallest absolute Gasteiger partial charge is 0.329 e. The third-order valence-corrected chi connectivity index (χ3v) is 3.55. The molecule has 0 spiro atoms. The maximum absolute atomic E-state index is 12.0. The molecule has 1 amide bonds. The Morgan fingerprint density at radius 1 is 1.50 bits per heavy atom. The van der Waals surface area contributed by atoms with E-state index in [4.69, 9.17) is 5.11 Å². The molecule has 0 aromatic carbocycles. The van der Waals surface area contributed by atoms with Crippen LogP contribution in [0.15, 0.2) is 23.6 Å². The predicted molar refractivity (Wildman–Crippen MR) is 72.5 cm³/mol. The average molecular weight is 267 g/mol. The molecule has 98 valence electrons. The lowest BCUT2D eigenvalue weighted by Crippen LogP contribution is -2.52. The molecule has 1 rings (SSSR count). The molecule has 1 heterocycles. The van der Waals surface area contributed by atoms with Crippen molar-refractivity contribution in [2.45, 2.75) is 26.3 Å². The van der Waals surface area contributed by atoms with Crippen molar-refractivity contribution >= 4 is 29.3 Å². The maximum Gasteiger partial charge on any atom is 0.329 e. The predicted octanol–water partition coefficient (Wildman–Crippen LogP) is 2.47. The lowest BCUT2D eigenvalue weighted by atomic mass is 10.0. The zero-order valence-corrected chi connectivity index (χ0v) is 11.5. The molecule has 0 aliphatic rings. The van der Waals surface area contributed by atoms with E-state index in [1.54, 1.807) is 13.0 Å². The Labute approximate surface area is 111 Å². The van der Waals surface area contributed by atoms with Gasteiger partial charge in [0.15, 0.2) is 0 Å². The van der Waals surface area contributed by atoms with E-state index in [0.29, 0.717) is 6.54 Å². The SMILES string of the molecule is CCN(C(=O)C=Cc1cccs1)C(C)(C)C(=O)O. The van der Waals surface area contributed by atoms with Crippen LogP contribution >= 0.6 is 11.3 Å². The highest BCUT2D eigenvalue weighted by atomic mass is 32.1. The van der Waals surface area contributed by atoms with E-state index in [1.165, 1.54) is 36.2 Å². The summed E-state index contributed by atoms with van der Waals surface area (Å²) >= 11 is 1.52. The Bertz CT molecular complexity index is 449. The highest BCUT2D eigenvalue weighted by Crippen LogP contribution is 2.16. The van der Waals surface area contributed by atoms with E-state index in [9.17, 15) is 9.59 Å². The fourth-order valence-corrected chi connectivity index (χ4v) is 2.19. The number of hydrogen-bond donors (Lipinski definition) is 1. The van der Waals surface area contributed by atoms with Crippen LogP contribution in [0.2, 0.25) is 0 Å². The van der Waals surface area contributed by atoms with E-state index in [2.05, 4.69) is 0 Å². The van der Waals surface area contributed by atoms with E-state index in [1.807, 2.05) is 17.5 Å². The molecule has 0 saturated heterocycles. The van der Waals surface area contributed by atoms with Gasteiger partial charge in [-0.25, -0.2) is 4.79 Å². The zero-order valence-electron chi connectivity index (χ0n) is 10.7. The van der Waals surface area contributed by atoms with Gasteiger partial charge in [-0.15, -0.1) is 11.3 Å². The molecule has 1 aromatic heterocycles. The van der Waals surface area contributed by atoms with E-state index < -0.39 is 11.5 Å². The number of carboxylic acids is 1. The number of carbonyl (C=O) groups excluding carboxylic acids is 1. The summed E-state index contributed by atoms with van der Waals surface area (Å²) in [6.45, 7) is 5.17. The van der Waals surface area contributed by atoms with Crippen molar-refractivity contribution in [2.24, 2.45) is 0 Å². The van der Waals surface area contributed by atoms with Gasteiger partial charge in [-0.05, 0) is 38.3 Å². The Balaban J connectivity index is 2.84. The van der Waals surface area contributed by atoms with E-state index in [0.717, 1.165) is 4.88 Å². The lowest BCUT2D eigenvalue weighted by Gasteiger charge is -2.33. The number of carboxylic acid groups (broad SMARTS) is 1. The van der Waals surface area contributed by atoms with Gasteiger partial charge in [0.1, 0.15) is 5.54 Å². The van der Waals surface area contributed by atoms with Gasteiger partial charge < -0.3 is 10.0 Å². The first-order valence-corrected chi connectivity index (χ1v) is 6.54. The fourth-order valence-electron chi connectivity index (χ4n) is 1.57. The first-order valence-electron chi connectivity index (χ1n) is 5.66. The number of aliphatic carboxylic acids is 1. The van der Waals surface area contributed by atoms with Gasteiger partial charge in [0.25, 0.3) is 0 Å². The van der Waals surface area contributed by atoms with Gasteiger partial charge in [0.05, 0.1) is 0 Å². The van der Waals surface area contributed by atoms with Gasteiger partial charge in [0, 0.05) is 17.5 Å². The topological polar surface area (TPSA) is 57.6 Å². The van der Waals surface area contributed by atoms with E-state index in [-0.39, 0.29) is 5.91 Å². The van der Waals surface area contributed by atoms with Crippen LogP contribution < -0.4 is 0 Å². The van der Waals surface area contributed by atoms with Gasteiger partial charge in [-0.3, -0.25) is 4.79 Å². The van der Waals surface area contributed by atoms with Gasteiger partial charge >= 0.3 is 5.97 Å². The van der Waals surface area contributed by atoms with E-state index >= 15 is 0 Å². The molecule has 0 aliphatic carbocycles. The van der Waals surface area contributed by atoms with Crippen LogP contribution in [0.4, 0.5) is 0 Å². The summed E-state index contributed by atoms with van der Waals surface area (Å²) in [5, 5.41) is 11.0. The Kier molecular flexibility index (Phi) is 4.67. The molecule has 0 bridgehead atoms. The number of amides is 1. The summed E-state index contributed by atoms with van der Waals surface area (Å²) in [6, 6.07) is 3.79. The molecule has 1 N–H and O–H groups in total.